The highest BCUT2D eigenvalue weighted by Crippen LogP contribution is 1.94. The van der Waals surface area contributed by atoms with E-state index in [9.17, 15) is 9.59 Å². The van der Waals surface area contributed by atoms with E-state index in [1.165, 1.54) is 18.9 Å². The Morgan fingerprint density at radius 3 is 2.13 bits per heavy atom. The lowest BCUT2D eigenvalue weighted by atomic mass is 10.2. The molecule has 0 unspecified atom stereocenters. The van der Waals surface area contributed by atoms with Crippen LogP contribution in [0.15, 0.2) is 24.8 Å². The zero-order valence-corrected chi connectivity index (χ0v) is 10.1. The van der Waals surface area contributed by atoms with E-state index < -0.39 is 0 Å². The van der Waals surface area contributed by atoms with Crippen LogP contribution in [0.5, 0.6) is 0 Å². The van der Waals surface area contributed by atoms with Crippen LogP contribution in [0.25, 0.3) is 0 Å². The Morgan fingerprint density at radius 2 is 1.87 bits per heavy atom. The first-order chi connectivity index (χ1) is 7.08. The van der Waals surface area contributed by atoms with Crippen LogP contribution < -0.4 is 0 Å². The average molecular weight is 210 g/mol. The molecule has 0 rings (SSSR count). The first-order valence-electron chi connectivity index (χ1n) is 5.40. The molecule has 0 bridgehead atoms. The van der Waals surface area contributed by atoms with Gasteiger partial charge in [0, 0.05) is 6.42 Å². The van der Waals surface area contributed by atoms with Crippen molar-refractivity contribution in [2.45, 2.75) is 46.5 Å². The van der Waals surface area contributed by atoms with Crippen LogP contribution in [0.3, 0.4) is 0 Å². The van der Waals surface area contributed by atoms with E-state index >= 15 is 0 Å². The van der Waals surface area contributed by atoms with Crippen molar-refractivity contribution >= 4 is 11.6 Å². The summed E-state index contributed by atoms with van der Waals surface area (Å²) in [5, 5.41) is 0. The highest BCUT2D eigenvalue weighted by molar-refractivity contribution is 5.88. The fraction of sp³-hybridized carbons (Fsp3) is 0.538. The van der Waals surface area contributed by atoms with E-state index in [2.05, 4.69) is 13.5 Å². The van der Waals surface area contributed by atoms with Crippen molar-refractivity contribution in [1.82, 2.24) is 0 Å². The minimum atomic E-state index is 0.106. The summed E-state index contributed by atoms with van der Waals surface area (Å²) in [6.07, 6.45) is 8.90. The SMILES string of the molecule is C=CC(=O)CC.CCCCC=CC(C)=O. The Labute approximate surface area is 93.1 Å². The summed E-state index contributed by atoms with van der Waals surface area (Å²) >= 11 is 0. The van der Waals surface area contributed by atoms with Crippen LogP contribution in [0.1, 0.15) is 46.5 Å². The minimum absolute atomic E-state index is 0.106. The highest BCUT2D eigenvalue weighted by Gasteiger charge is 1.82. The zero-order valence-electron chi connectivity index (χ0n) is 10.1. The van der Waals surface area contributed by atoms with Crippen LogP contribution in [0, 0.1) is 0 Å². The number of hydrogen-bond acceptors (Lipinski definition) is 2. The van der Waals surface area contributed by atoms with Crippen LogP contribution in [-0.2, 0) is 9.59 Å². The van der Waals surface area contributed by atoms with Gasteiger partial charge in [0.1, 0.15) is 0 Å². The highest BCUT2D eigenvalue weighted by atomic mass is 16.1. The van der Waals surface area contributed by atoms with Crippen molar-refractivity contribution in [3.05, 3.63) is 24.8 Å². The van der Waals surface area contributed by atoms with Gasteiger partial charge in [0.25, 0.3) is 0 Å². The van der Waals surface area contributed by atoms with Crippen LogP contribution in [0.2, 0.25) is 0 Å². The molecule has 2 heteroatoms. The average Bonchev–Trinajstić information content (AvgIpc) is 2.24. The Hall–Kier alpha value is -1.18. The van der Waals surface area contributed by atoms with Crippen molar-refractivity contribution in [3.63, 3.8) is 0 Å². The standard InChI is InChI=1S/C8H14O.C5H8O/c1-3-4-5-6-7-8(2)9;1-3-5(6)4-2/h6-7H,3-5H2,1-2H3;3H,1,4H2,2H3. The fourth-order valence-corrected chi connectivity index (χ4v) is 0.716. The Kier molecular flexibility index (Phi) is 13.9. The van der Waals surface area contributed by atoms with E-state index in [-0.39, 0.29) is 11.6 Å². The third-order valence-electron chi connectivity index (χ3n) is 1.65. The topological polar surface area (TPSA) is 34.1 Å². The van der Waals surface area contributed by atoms with Crippen molar-refractivity contribution in [1.29, 1.82) is 0 Å². The molecule has 0 atom stereocenters. The molecular formula is C13H22O2. The van der Waals surface area contributed by atoms with E-state index in [1.807, 2.05) is 13.0 Å². The molecule has 0 aliphatic rings. The number of rotatable bonds is 6. The summed E-state index contributed by atoms with van der Waals surface area (Å²) < 4.78 is 0. The third-order valence-corrected chi connectivity index (χ3v) is 1.65. The maximum atomic E-state index is 10.3. The number of hydrogen-bond donors (Lipinski definition) is 0. The van der Waals surface area contributed by atoms with Gasteiger partial charge in [0.05, 0.1) is 0 Å². The molecule has 0 radical (unpaired) electrons. The molecule has 0 aromatic heterocycles. The monoisotopic (exact) mass is 210 g/mol. The molecule has 0 aliphatic heterocycles. The lowest BCUT2D eigenvalue weighted by Crippen LogP contribution is -1.83. The van der Waals surface area contributed by atoms with Crippen molar-refractivity contribution in [2.24, 2.45) is 0 Å². The second kappa shape index (κ2) is 12.8. The summed E-state index contributed by atoms with van der Waals surface area (Å²) in [6.45, 7) is 8.80. The molecule has 0 saturated carbocycles. The second-order valence-electron chi connectivity index (χ2n) is 3.18. The fourth-order valence-electron chi connectivity index (χ4n) is 0.716. The van der Waals surface area contributed by atoms with Crippen molar-refractivity contribution in [3.8, 4) is 0 Å². The lowest BCUT2D eigenvalue weighted by molar-refractivity contribution is -0.114. The quantitative estimate of drug-likeness (QED) is 0.497. The van der Waals surface area contributed by atoms with E-state index in [0.29, 0.717) is 6.42 Å². The molecule has 0 heterocycles. The predicted octanol–water partition coefficient (Wildman–Crippen LogP) is 3.47. The third kappa shape index (κ3) is 19.3. The van der Waals surface area contributed by atoms with Gasteiger partial charge in [-0.1, -0.05) is 39.3 Å². The molecular weight excluding hydrogens is 188 g/mol. The molecule has 0 aromatic rings. The van der Waals surface area contributed by atoms with E-state index in [0.717, 1.165) is 6.42 Å². The molecule has 0 aliphatic carbocycles. The number of carbonyl (C=O) groups excluding carboxylic acids is 2. The van der Waals surface area contributed by atoms with Crippen LogP contribution >= 0.6 is 0 Å². The minimum Gasteiger partial charge on any atom is -0.295 e. The predicted molar refractivity (Wildman–Crippen MR) is 64.8 cm³/mol. The smallest absolute Gasteiger partial charge is 0.154 e. The molecule has 0 amide bonds. The summed E-state index contributed by atoms with van der Waals surface area (Å²) in [5.74, 6) is 0.251. The van der Waals surface area contributed by atoms with Crippen molar-refractivity contribution in [2.75, 3.05) is 0 Å². The van der Waals surface area contributed by atoms with Gasteiger partial charge in [0.2, 0.25) is 0 Å². The van der Waals surface area contributed by atoms with Gasteiger partial charge in [-0.05, 0) is 25.5 Å². The molecule has 0 saturated heterocycles. The Morgan fingerprint density at radius 1 is 1.27 bits per heavy atom. The van der Waals surface area contributed by atoms with Crippen LogP contribution in [-0.4, -0.2) is 11.6 Å². The molecule has 2 nitrogen and oxygen atoms in total. The second-order valence-corrected chi connectivity index (χ2v) is 3.18. The maximum absolute atomic E-state index is 10.3. The maximum Gasteiger partial charge on any atom is 0.154 e. The summed E-state index contributed by atoms with van der Waals surface area (Å²) in [6, 6.07) is 0. The first kappa shape index (κ1) is 16.3. The molecule has 0 fully saturated rings. The normalized spacial score (nSPS) is 9.27. The summed E-state index contributed by atoms with van der Waals surface area (Å²) in [7, 11) is 0. The number of allylic oxidation sites excluding steroid dienone is 3. The zero-order chi connectivity index (χ0) is 12.1. The Bertz CT molecular complexity index is 215. The van der Waals surface area contributed by atoms with Gasteiger partial charge in [-0.25, -0.2) is 0 Å². The first-order valence-corrected chi connectivity index (χ1v) is 5.40. The molecule has 86 valence electrons. The Balaban J connectivity index is 0. The van der Waals surface area contributed by atoms with Gasteiger partial charge >= 0.3 is 0 Å². The number of carbonyl (C=O) groups is 2. The van der Waals surface area contributed by atoms with E-state index in [1.54, 1.807) is 13.0 Å². The number of unbranched alkanes of at least 4 members (excludes halogenated alkanes) is 2. The van der Waals surface area contributed by atoms with Crippen LogP contribution in [0.4, 0.5) is 0 Å². The molecule has 0 spiro atoms. The largest absolute Gasteiger partial charge is 0.295 e. The lowest BCUT2D eigenvalue weighted by Gasteiger charge is -1.85. The molecule has 0 N–H and O–H groups in total. The summed E-state index contributed by atoms with van der Waals surface area (Å²) in [4.78, 5) is 20.4. The van der Waals surface area contributed by atoms with Gasteiger partial charge in [-0.2, -0.15) is 0 Å². The summed E-state index contributed by atoms with van der Waals surface area (Å²) in [5.41, 5.74) is 0. The molecule has 15 heavy (non-hydrogen) atoms. The molecule has 0 aromatic carbocycles. The van der Waals surface area contributed by atoms with Gasteiger partial charge in [-0.3, -0.25) is 9.59 Å². The van der Waals surface area contributed by atoms with E-state index in [4.69, 9.17) is 0 Å². The van der Waals surface area contributed by atoms with Gasteiger partial charge in [0.15, 0.2) is 11.6 Å². The van der Waals surface area contributed by atoms with Crippen molar-refractivity contribution < 1.29 is 9.59 Å². The van der Waals surface area contributed by atoms with Gasteiger partial charge < -0.3 is 0 Å². The van der Waals surface area contributed by atoms with Gasteiger partial charge in [-0.15, -0.1) is 0 Å². The number of ketones is 2.